The van der Waals surface area contributed by atoms with Crippen LogP contribution in [0.1, 0.15) is 96.8 Å². The van der Waals surface area contributed by atoms with Crippen LogP contribution in [-0.4, -0.2) is 0 Å². The zero-order valence-corrected chi connectivity index (χ0v) is 14.0. The number of rotatable bonds is 15. The van der Waals surface area contributed by atoms with E-state index in [-0.39, 0.29) is 0 Å². The van der Waals surface area contributed by atoms with Crippen molar-refractivity contribution in [1.82, 2.24) is 0 Å². The second kappa shape index (κ2) is 16.8. The summed E-state index contributed by atoms with van der Waals surface area (Å²) in [5.41, 5.74) is 0. The monoisotopic (exact) mass is 278 g/mol. The summed E-state index contributed by atoms with van der Waals surface area (Å²) in [5, 5.41) is 0. The van der Waals surface area contributed by atoms with Crippen molar-refractivity contribution in [2.45, 2.75) is 96.8 Å². The summed E-state index contributed by atoms with van der Waals surface area (Å²) in [6.07, 6.45) is 23.3. The fourth-order valence-electron chi connectivity index (χ4n) is 2.75. The van der Waals surface area contributed by atoms with Crippen molar-refractivity contribution >= 4 is 0 Å². The number of unbranched alkanes of at least 4 members (excludes halogenated alkanes) is 10. The number of hydrogen-bond donors (Lipinski definition) is 0. The zero-order valence-electron chi connectivity index (χ0n) is 14.0. The molecule has 2 radical (unpaired) electrons. The lowest BCUT2D eigenvalue weighted by molar-refractivity contribution is 0.433. The molecule has 118 valence electrons. The van der Waals surface area contributed by atoms with Gasteiger partial charge >= 0.3 is 0 Å². The van der Waals surface area contributed by atoms with Crippen LogP contribution in [0.15, 0.2) is 12.2 Å². The quantitative estimate of drug-likeness (QED) is 0.275. The summed E-state index contributed by atoms with van der Waals surface area (Å²) < 4.78 is 0. The SMILES string of the molecule is [CH2]/C=C/CCCCCCC(C)CCCCCCCC[CH2]. The minimum absolute atomic E-state index is 0.939. The van der Waals surface area contributed by atoms with E-state index in [1.54, 1.807) is 0 Å². The Morgan fingerprint density at radius 3 is 1.80 bits per heavy atom. The molecular weight excluding hydrogens is 240 g/mol. The van der Waals surface area contributed by atoms with Gasteiger partial charge in [0.15, 0.2) is 0 Å². The molecular formula is C20H38. The Morgan fingerprint density at radius 2 is 1.25 bits per heavy atom. The zero-order chi connectivity index (χ0) is 14.9. The fraction of sp³-hybridized carbons (Fsp3) is 0.800. The first-order valence-electron chi connectivity index (χ1n) is 9.04. The van der Waals surface area contributed by atoms with Gasteiger partial charge in [0.1, 0.15) is 0 Å². The highest BCUT2D eigenvalue weighted by Crippen LogP contribution is 2.18. The second-order valence-electron chi connectivity index (χ2n) is 6.33. The van der Waals surface area contributed by atoms with Crippen LogP contribution < -0.4 is 0 Å². The van der Waals surface area contributed by atoms with Crippen molar-refractivity contribution in [3.05, 3.63) is 26.0 Å². The van der Waals surface area contributed by atoms with Crippen molar-refractivity contribution < 1.29 is 0 Å². The van der Waals surface area contributed by atoms with Crippen molar-refractivity contribution in [3.8, 4) is 0 Å². The van der Waals surface area contributed by atoms with E-state index < -0.39 is 0 Å². The molecule has 0 aliphatic carbocycles. The number of allylic oxidation sites excluding steroid dienone is 2. The number of hydrogen-bond acceptors (Lipinski definition) is 0. The van der Waals surface area contributed by atoms with Gasteiger partial charge in [-0.3, -0.25) is 0 Å². The maximum absolute atomic E-state index is 3.89. The predicted molar refractivity (Wildman–Crippen MR) is 93.7 cm³/mol. The molecule has 0 nitrogen and oxygen atoms in total. The van der Waals surface area contributed by atoms with Crippen LogP contribution in [-0.2, 0) is 0 Å². The molecule has 0 fully saturated rings. The van der Waals surface area contributed by atoms with Crippen molar-refractivity contribution in [2.24, 2.45) is 5.92 Å². The minimum Gasteiger partial charge on any atom is -0.0885 e. The van der Waals surface area contributed by atoms with Crippen LogP contribution in [0, 0.1) is 19.8 Å². The summed E-state index contributed by atoms with van der Waals surface area (Å²) >= 11 is 0. The molecule has 0 aliphatic rings. The Balaban J connectivity index is 3.14. The van der Waals surface area contributed by atoms with E-state index in [1.807, 2.05) is 6.08 Å². The molecule has 1 unspecified atom stereocenters. The average molecular weight is 279 g/mol. The second-order valence-corrected chi connectivity index (χ2v) is 6.33. The van der Waals surface area contributed by atoms with Gasteiger partial charge in [-0.1, -0.05) is 103 Å². The normalized spacial score (nSPS) is 13.2. The van der Waals surface area contributed by atoms with Gasteiger partial charge < -0.3 is 0 Å². The fourth-order valence-corrected chi connectivity index (χ4v) is 2.75. The van der Waals surface area contributed by atoms with E-state index in [2.05, 4.69) is 26.8 Å². The molecule has 0 bridgehead atoms. The lowest BCUT2D eigenvalue weighted by Gasteiger charge is -2.10. The van der Waals surface area contributed by atoms with E-state index in [0.717, 1.165) is 12.3 Å². The molecule has 0 aromatic carbocycles. The van der Waals surface area contributed by atoms with Crippen molar-refractivity contribution in [1.29, 1.82) is 0 Å². The summed E-state index contributed by atoms with van der Waals surface area (Å²) in [6, 6.07) is 0. The van der Waals surface area contributed by atoms with Crippen molar-refractivity contribution in [2.75, 3.05) is 0 Å². The summed E-state index contributed by atoms with van der Waals surface area (Å²) in [6.45, 7) is 10.0. The molecule has 0 N–H and O–H groups in total. The molecule has 20 heavy (non-hydrogen) atoms. The van der Waals surface area contributed by atoms with Gasteiger partial charge in [0, 0.05) is 0 Å². The lowest BCUT2D eigenvalue weighted by Crippen LogP contribution is -1.95. The molecule has 0 heterocycles. The third kappa shape index (κ3) is 15.8. The molecule has 0 rings (SSSR count). The highest BCUT2D eigenvalue weighted by Gasteiger charge is 2.01. The maximum Gasteiger partial charge on any atom is -0.0316 e. The highest BCUT2D eigenvalue weighted by molar-refractivity contribution is 4.83. The van der Waals surface area contributed by atoms with Gasteiger partial charge in [-0.05, 0) is 25.7 Å². The van der Waals surface area contributed by atoms with E-state index in [1.165, 1.54) is 83.5 Å². The molecule has 0 aromatic rings. The standard InChI is InChI=1S/C20H38/c1-4-6-8-10-12-14-16-18-20(3)19-17-15-13-11-9-7-5-2/h4,6,20H,1-2,5,7-19H2,3H3/b6-4+. The third-order valence-electron chi connectivity index (χ3n) is 4.18. The predicted octanol–water partition coefficient (Wildman–Crippen LogP) is 7.31. The smallest absolute Gasteiger partial charge is 0.0316 e. The molecule has 0 aliphatic heterocycles. The van der Waals surface area contributed by atoms with E-state index >= 15 is 0 Å². The lowest BCUT2D eigenvalue weighted by atomic mass is 9.96. The Hall–Kier alpha value is -0.260. The van der Waals surface area contributed by atoms with Gasteiger partial charge in [-0.25, -0.2) is 0 Å². The van der Waals surface area contributed by atoms with Crippen LogP contribution in [0.3, 0.4) is 0 Å². The summed E-state index contributed by atoms with van der Waals surface area (Å²) in [7, 11) is 0. The Labute approximate surface area is 129 Å². The van der Waals surface area contributed by atoms with Gasteiger partial charge in [-0.2, -0.15) is 0 Å². The van der Waals surface area contributed by atoms with Crippen molar-refractivity contribution in [3.63, 3.8) is 0 Å². The molecule has 0 spiro atoms. The molecule has 1 atom stereocenters. The first kappa shape index (κ1) is 19.7. The van der Waals surface area contributed by atoms with Crippen LogP contribution in [0.5, 0.6) is 0 Å². The highest BCUT2D eigenvalue weighted by atomic mass is 14.1. The minimum atomic E-state index is 0.939. The van der Waals surface area contributed by atoms with E-state index in [0.29, 0.717) is 0 Å². The molecule has 0 saturated heterocycles. The largest absolute Gasteiger partial charge is 0.0885 e. The Morgan fingerprint density at radius 1 is 0.750 bits per heavy atom. The molecule has 0 amide bonds. The van der Waals surface area contributed by atoms with Crippen LogP contribution in [0.25, 0.3) is 0 Å². The topological polar surface area (TPSA) is 0 Å². The first-order chi connectivity index (χ1) is 9.81. The van der Waals surface area contributed by atoms with Crippen LogP contribution >= 0.6 is 0 Å². The van der Waals surface area contributed by atoms with Crippen LogP contribution in [0.4, 0.5) is 0 Å². The van der Waals surface area contributed by atoms with Gasteiger partial charge in [0.2, 0.25) is 0 Å². The van der Waals surface area contributed by atoms with E-state index in [9.17, 15) is 0 Å². The third-order valence-corrected chi connectivity index (χ3v) is 4.18. The Kier molecular flexibility index (Phi) is 16.6. The maximum atomic E-state index is 3.89. The first-order valence-corrected chi connectivity index (χ1v) is 9.04. The average Bonchev–Trinajstić information content (AvgIpc) is 2.45. The van der Waals surface area contributed by atoms with Gasteiger partial charge in [0.05, 0.1) is 0 Å². The Bertz CT molecular complexity index is 192. The molecule has 0 saturated carbocycles. The molecule has 0 aromatic heterocycles. The molecule has 0 heteroatoms. The summed E-state index contributed by atoms with van der Waals surface area (Å²) in [4.78, 5) is 0. The van der Waals surface area contributed by atoms with Crippen LogP contribution in [0.2, 0.25) is 0 Å². The summed E-state index contributed by atoms with van der Waals surface area (Å²) in [5.74, 6) is 0.939. The van der Waals surface area contributed by atoms with Gasteiger partial charge in [-0.15, -0.1) is 0 Å². The van der Waals surface area contributed by atoms with E-state index in [4.69, 9.17) is 0 Å². The van der Waals surface area contributed by atoms with Gasteiger partial charge in [0.25, 0.3) is 0 Å².